The zero-order valence-electron chi connectivity index (χ0n) is 19.8. The van der Waals surface area contributed by atoms with Crippen LogP contribution in [-0.2, 0) is 14.3 Å². The van der Waals surface area contributed by atoms with Crippen LogP contribution >= 0.6 is 0 Å². The van der Waals surface area contributed by atoms with E-state index in [0.717, 1.165) is 22.4 Å². The Kier molecular flexibility index (Phi) is 8.06. The number of aryl methyl sites for hydroxylation is 1. The van der Waals surface area contributed by atoms with Gasteiger partial charge in [-0.05, 0) is 24.6 Å². The second-order valence-electron chi connectivity index (χ2n) is 7.92. The first kappa shape index (κ1) is 24.3. The molecule has 1 aliphatic heterocycles. The van der Waals surface area contributed by atoms with Crippen molar-refractivity contribution in [2.45, 2.75) is 26.3 Å². The van der Waals surface area contributed by atoms with Gasteiger partial charge in [0.05, 0.1) is 32.6 Å². The Hall–Kier alpha value is -3.39. The number of carbonyl (C=O) groups excluding carboxylic acids is 2. The number of hydrogen-bond acceptors (Lipinski definition) is 6. The van der Waals surface area contributed by atoms with E-state index in [1.807, 2.05) is 43.3 Å². The molecule has 2 amide bonds. The summed E-state index contributed by atoms with van der Waals surface area (Å²) >= 11 is 0. The maximum absolute atomic E-state index is 13.3. The molecule has 0 aromatic heterocycles. The van der Waals surface area contributed by atoms with E-state index in [0.29, 0.717) is 31.1 Å². The lowest BCUT2D eigenvalue weighted by Crippen LogP contribution is -2.41. The third kappa shape index (κ3) is 5.70. The minimum absolute atomic E-state index is 0.0718. The fourth-order valence-electron chi connectivity index (χ4n) is 3.77. The predicted molar refractivity (Wildman–Crippen MR) is 126 cm³/mol. The van der Waals surface area contributed by atoms with Crippen LogP contribution in [0, 0.1) is 6.92 Å². The number of methoxy groups -OCH3 is 3. The van der Waals surface area contributed by atoms with Crippen molar-refractivity contribution >= 4 is 17.5 Å². The number of benzene rings is 2. The van der Waals surface area contributed by atoms with E-state index >= 15 is 0 Å². The topological polar surface area (TPSA) is 80.7 Å². The van der Waals surface area contributed by atoms with Crippen molar-refractivity contribution in [3.63, 3.8) is 0 Å². The highest BCUT2D eigenvalue weighted by molar-refractivity contribution is 6.05. The maximum Gasteiger partial charge on any atom is 0.262 e. The van der Waals surface area contributed by atoms with Crippen LogP contribution in [0.15, 0.2) is 47.6 Å². The molecule has 33 heavy (non-hydrogen) atoms. The van der Waals surface area contributed by atoms with Crippen LogP contribution in [0.2, 0.25) is 0 Å². The minimum atomic E-state index is -0.281. The zero-order chi connectivity index (χ0) is 24.0. The molecule has 3 rings (SSSR count). The first-order valence-corrected chi connectivity index (χ1v) is 10.8. The van der Waals surface area contributed by atoms with Crippen molar-refractivity contribution in [2.75, 3.05) is 41.0 Å². The molecule has 1 heterocycles. The molecule has 8 heteroatoms. The van der Waals surface area contributed by atoms with Crippen LogP contribution in [0.1, 0.15) is 36.1 Å². The monoisotopic (exact) mass is 453 g/mol. The zero-order valence-corrected chi connectivity index (χ0v) is 19.8. The number of nitrogens with zero attached hydrogens (tertiary/aromatic N) is 3. The fourth-order valence-corrected chi connectivity index (χ4v) is 3.77. The van der Waals surface area contributed by atoms with Gasteiger partial charge in [0.1, 0.15) is 18.0 Å². The Labute approximate surface area is 194 Å². The third-order valence-corrected chi connectivity index (χ3v) is 5.68. The second kappa shape index (κ2) is 11.0. The molecule has 176 valence electrons. The summed E-state index contributed by atoms with van der Waals surface area (Å²) in [6.45, 7) is 4.08. The number of ether oxygens (including phenoxy) is 3. The largest absolute Gasteiger partial charge is 0.497 e. The van der Waals surface area contributed by atoms with E-state index in [-0.39, 0.29) is 24.4 Å². The Morgan fingerprint density at radius 1 is 1.09 bits per heavy atom. The molecule has 1 atom stereocenters. The summed E-state index contributed by atoms with van der Waals surface area (Å²) in [5.41, 5.74) is 3.65. The summed E-state index contributed by atoms with van der Waals surface area (Å²) in [4.78, 5) is 26.9. The first-order valence-electron chi connectivity index (χ1n) is 10.8. The number of amides is 2. The van der Waals surface area contributed by atoms with Gasteiger partial charge >= 0.3 is 0 Å². The Bertz CT molecular complexity index is 1020. The van der Waals surface area contributed by atoms with Gasteiger partial charge in [-0.25, -0.2) is 5.01 Å². The molecule has 1 aliphatic rings. The summed E-state index contributed by atoms with van der Waals surface area (Å²) in [5.74, 6) is 0.852. The molecule has 0 aliphatic carbocycles. The predicted octanol–water partition coefficient (Wildman–Crippen LogP) is 3.18. The summed E-state index contributed by atoms with van der Waals surface area (Å²) in [5, 5.41) is 6.20. The van der Waals surface area contributed by atoms with Crippen LogP contribution in [-0.4, -0.2) is 68.5 Å². The van der Waals surface area contributed by atoms with Crippen LogP contribution in [0.25, 0.3) is 0 Å². The van der Waals surface area contributed by atoms with Crippen LogP contribution in [0.3, 0.4) is 0 Å². The normalized spacial score (nSPS) is 15.2. The van der Waals surface area contributed by atoms with Gasteiger partial charge in [-0.2, -0.15) is 5.10 Å². The third-order valence-electron chi connectivity index (χ3n) is 5.68. The van der Waals surface area contributed by atoms with Gasteiger partial charge in [0.15, 0.2) is 0 Å². The van der Waals surface area contributed by atoms with Crippen LogP contribution < -0.4 is 9.47 Å². The smallest absolute Gasteiger partial charge is 0.262 e. The molecule has 2 aromatic rings. The average molecular weight is 454 g/mol. The van der Waals surface area contributed by atoms with Crippen molar-refractivity contribution < 1.29 is 23.8 Å². The lowest BCUT2D eigenvalue weighted by molar-refractivity contribution is -0.141. The van der Waals surface area contributed by atoms with Crippen molar-refractivity contribution in [3.05, 3.63) is 59.2 Å². The van der Waals surface area contributed by atoms with Crippen molar-refractivity contribution in [1.82, 2.24) is 9.91 Å². The maximum atomic E-state index is 13.3. The highest BCUT2D eigenvalue weighted by Gasteiger charge is 2.35. The van der Waals surface area contributed by atoms with E-state index in [4.69, 9.17) is 19.3 Å². The molecule has 0 saturated carbocycles. The fraction of sp³-hybridized carbons (Fsp3) is 0.400. The van der Waals surface area contributed by atoms with Gasteiger partial charge in [-0.3, -0.25) is 9.59 Å². The summed E-state index contributed by atoms with van der Waals surface area (Å²) in [6, 6.07) is 13.3. The van der Waals surface area contributed by atoms with Crippen molar-refractivity contribution in [3.8, 4) is 11.5 Å². The van der Waals surface area contributed by atoms with Gasteiger partial charge in [0.2, 0.25) is 5.91 Å². The van der Waals surface area contributed by atoms with E-state index < -0.39 is 0 Å². The molecule has 0 fully saturated rings. The van der Waals surface area contributed by atoms with Crippen molar-refractivity contribution in [2.24, 2.45) is 5.10 Å². The SMILES string of the molecule is COCCN(CC(=O)N1N=C(c2ccc(OC)cc2OC)C[C@H]1c1ccc(C)cc1)C(C)=O. The molecule has 0 saturated heterocycles. The van der Waals surface area contributed by atoms with Gasteiger partial charge in [-0.15, -0.1) is 0 Å². The number of hydrogen-bond donors (Lipinski definition) is 0. The highest BCUT2D eigenvalue weighted by Crippen LogP contribution is 2.36. The molecular weight excluding hydrogens is 422 g/mol. The van der Waals surface area contributed by atoms with Crippen molar-refractivity contribution in [1.29, 1.82) is 0 Å². The number of carbonyl (C=O) groups is 2. The highest BCUT2D eigenvalue weighted by atomic mass is 16.5. The molecular formula is C25H31N3O5. The molecule has 0 N–H and O–H groups in total. The lowest BCUT2D eigenvalue weighted by Gasteiger charge is -2.26. The first-order chi connectivity index (χ1) is 15.9. The van der Waals surface area contributed by atoms with Gasteiger partial charge in [0.25, 0.3) is 5.91 Å². The molecule has 0 bridgehead atoms. The van der Waals surface area contributed by atoms with E-state index in [1.165, 1.54) is 16.8 Å². The summed E-state index contributed by atoms with van der Waals surface area (Å²) in [6.07, 6.45) is 0.523. The summed E-state index contributed by atoms with van der Waals surface area (Å²) < 4.78 is 15.9. The van der Waals surface area contributed by atoms with E-state index in [9.17, 15) is 9.59 Å². The number of hydrazone groups is 1. The molecule has 0 unspecified atom stereocenters. The lowest BCUT2D eigenvalue weighted by atomic mass is 9.97. The second-order valence-corrected chi connectivity index (χ2v) is 7.92. The molecule has 0 spiro atoms. The van der Waals surface area contributed by atoms with E-state index in [2.05, 4.69) is 0 Å². The van der Waals surface area contributed by atoms with Gasteiger partial charge < -0.3 is 19.1 Å². The standard InChI is InChI=1S/C25H31N3O5/c1-17-6-8-19(9-7-17)23-15-22(21-11-10-20(32-4)14-24(21)33-5)26-28(23)25(30)16-27(18(2)29)12-13-31-3/h6-11,14,23H,12-13,15-16H2,1-5H3/t23-/m0/s1. The minimum Gasteiger partial charge on any atom is -0.497 e. The number of rotatable bonds is 9. The average Bonchev–Trinajstić information content (AvgIpc) is 3.26. The van der Waals surface area contributed by atoms with Crippen LogP contribution in [0.4, 0.5) is 0 Å². The Morgan fingerprint density at radius 2 is 1.82 bits per heavy atom. The van der Waals surface area contributed by atoms with Gasteiger partial charge in [-0.1, -0.05) is 29.8 Å². The molecule has 0 radical (unpaired) electrons. The van der Waals surface area contributed by atoms with Gasteiger partial charge in [0, 0.05) is 38.6 Å². The quantitative estimate of drug-likeness (QED) is 0.583. The Morgan fingerprint density at radius 3 is 2.42 bits per heavy atom. The Balaban J connectivity index is 1.95. The summed E-state index contributed by atoms with van der Waals surface area (Å²) in [7, 11) is 4.75. The molecule has 2 aromatic carbocycles. The molecule has 8 nitrogen and oxygen atoms in total. The van der Waals surface area contributed by atoms with E-state index in [1.54, 1.807) is 27.4 Å². The van der Waals surface area contributed by atoms with Crippen LogP contribution in [0.5, 0.6) is 11.5 Å².